The Kier molecular flexibility index (Phi) is 15.3. The van der Waals surface area contributed by atoms with E-state index < -0.39 is 0 Å². The Morgan fingerprint density at radius 3 is 2.00 bits per heavy atom. The molecule has 2 N–H and O–H groups in total. The van der Waals surface area contributed by atoms with Crippen LogP contribution in [0.4, 0.5) is 45.5 Å². The zero-order valence-electron chi connectivity index (χ0n) is 32.1. The molecule has 0 amide bonds. The summed E-state index contributed by atoms with van der Waals surface area (Å²) in [5, 5.41) is 40.2. The minimum Gasteiger partial charge on any atom is -0.396 e. The molecule has 6 aromatic carbocycles. The van der Waals surface area contributed by atoms with Crippen molar-refractivity contribution in [1.82, 2.24) is 0 Å². The van der Waals surface area contributed by atoms with Gasteiger partial charge in [-0.3, -0.25) is 0 Å². The maximum atomic E-state index is 6.96. The first-order valence-electron chi connectivity index (χ1n) is 18.0. The summed E-state index contributed by atoms with van der Waals surface area (Å²) in [6.45, 7) is 3.93. The summed E-state index contributed by atoms with van der Waals surface area (Å²) >= 11 is 26.1. The van der Waals surface area contributed by atoms with Crippen molar-refractivity contribution in [1.29, 1.82) is 0 Å². The molecule has 0 saturated heterocycles. The maximum absolute atomic E-state index is 6.96. The minimum atomic E-state index is 0. The average molecular weight is 924 g/mol. The second-order valence-corrected chi connectivity index (χ2v) is 17.6. The molecule has 17 heteroatoms. The number of azo groups is 4. The first-order valence-corrected chi connectivity index (χ1v) is 22.2. The van der Waals surface area contributed by atoms with E-state index in [9.17, 15) is 0 Å². The normalized spacial score (nSPS) is 13.3. The van der Waals surface area contributed by atoms with Gasteiger partial charge in [-0.1, -0.05) is 19.6 Å². The van der Waals surface area contributed by atoms with Crippen LogP contribution in [-0.2, 0) is 4.18 Å². The second kappa shape index (κ2) is 20.2. The second-order valence-electron chi connectivity index (χ2n) is 13.2. The summed E-state index contributed by atoms with van der Waals surface area (Å²) in [4.78, 5) is 5.42. The highest BCUT2D eigenvalue weighted by Gasteiger charge is 2.18. The van der Waals surface area contributed by atoms with E-state index in [1.165, 1.54) is 12.0 Å². The van der Waals surface area contributed by atoms with Crippen molar-refractivity contribution >= 4 is 154 Å². The smallest absolute Gasteiger partial charge is 0.110 e. The lowest BCUT2D eigenvalue weighted by Gasteiger charge is -2.15. The monoisotopic (exact) mass is 923 g/mol. The molecule has 60 heavy (non-hydrogen) atoms. The van der Waals surface area contributed by atoms with E-state index >= 15 is 0 Å². The number of aryl methyl sites for hydroxylation is 2. The molecule has 0 saturated carbocycles. The lowest BCUT2D eigenvalue weighted by atomic mass is 10.0. The van der Waals surface area contributed by atoms with Crippen molar-refractivity contribution in [2.45, 2.75) is 63.5 Å². The molecule has 0 atom stereocenters. The van der Waals surface area contributed by atoms with Gasteiger partial charge in [-0.2, -0.15) is 5.11 Å². The Bertz CT molecular complexity index is 2840. The fraction of sp³-hybridized carbons (Fsp3) is 0.163. The standard InChI is InChI=1S/C42H37N9OS7.CH4/c1-21-9-10-23(53)15-31(21)47-44-29-13-12-28(25-17-33(37(56)18-26(25)29)48-46-30-7-5-6-8-35(30)54)45-50-34-20-39(58-4)27-19-38(57)42(22(2)40(27)41(34)43)51-49-32-16-24(59-52-3)11-14-36(32)55;/h5,7,9-20,53-57H,6,8,43H2,1-4H3;1H4. The summed E-state index contributed by atoms with van der Waals surface area (Å²) in [6, 6.07) is 22.7. The van der Waals surface area contributed by atoms with Crippen molar-refractivity contribution in [3.8, 4) is 0 Å². The molecule has 1 aliphatic rings. The molecular formula is C43H41N9OS7. The Hall–Kier alpha value is -4.07. The predicted octanol–water partition coefficient (Wildman–Crippen LogP) is 17.2. The number of thiol groups is 5. The van der Waals surface area contributed by atoms with Gasteiger partial charge in [-0.25, -0.2) is 0 Å². The number of benzene rings is 6. The third kappa shape index (κ3) is 10.00. The summed E-state index contributed by atoms with van der Waals surface area (Å²) in [7, 11) is 1.61. The third-order valence-corrected chi connectivity index (χ3v) is 12.6. The Morgan fingerprint density at radius 2 is 1.28 bits per heavy atom. The van der Waals surface area contributed by atoms with Crippen LogP contribution < -0.4 is 5.73 Å². The molecule has 0 heterocycles. The van der Waals surface area contributed by atoms with Gasteiger partial charge in [0.1, 0.15) is 17.1 Å². The highest BCUT2D eigenvalue weighted by atomic mass is 32.2. The van der Waals surface area contributed by atoms with Crippen LogP contribution in [0, 0.1) is 13.8 Å². The van der Waals surface area contributed by atoms with E-state index in [1.807, 2.05) is 99.0 Å². The van der Waals surface area contributed by atoms with Crippen LogP contribution in [-0.4, -0.2) is 13.4 Å². The van der Waals surface area contributed by atoms with Crippen molar-refractivity contribution in [3.05, 3.63) is 107 Å². The van der Waals surface area contributed by atoms with Crippen molar-refractivity contribution < 1.29 is 4.18 Å². The van der Waals surface area contributed by atoms with Gasteiger partial charge in [-0.15, -0.1) is 111 Å². The maximum Gasteiger partial charge on any atom is 0.110 e. The topological polar surface area (TPSA) is 134 Å². The van der Waals surface area contributed by atoms with E-state index in [4.69, 9.17) is 45.4 Å². The fourth-order valence-corrected chi connectivity index (χ4v) is 8.60. The van der Waals surface area contributed by atoms with Crippen LogP contribution in [0.15, 0.2) is 166 Å². The van der Waals surface area contributed by atoms with Gasteiger partial charge in [0, 0.05) is 62.5 Å². The molecule has 0 spiro atoms. The van der Waals surface area contributed by atoms with Crippen LogP contribution in [0.3, 0.4) is 0 Å². The molecule has 0 radical (unpaired) electrons. The van der Waals surface area contributed by atoms with Crippen LogP contribution in [0.1, 0.15) is 31.4 Å². The van der Waals surface area contributed by atoms with Gasteiger partial charge in [0.15, 0.2) is 0 Å². The summed E-state index contributed by atoms with van der Waals surface area (Å²) in [5.41, 5.74) is 14.0. The van der Waals surface area contributed by atoms with E-state index in [0.717, 1.165) is 65.1 Å². The number of hydrogen-bond acceptors (Lipinski definition) is 17. The number of anilines is 1. The summed E-state index contributed by atoms with van der Waals surface area (Å²) in [5.74, 6) is 0. The van der Waals surface area contributed by atoms with Gasteiger partial charge in [0.2, 0.25) is 0 Å². The van der Waals surface area contributed by atoms with E-state index in [0.29, 0.717) is 65.9 Å². The zero-order chi connectivity index (χ0) is 41.8. The van der Waals surface area contributed by atoms with Crippen LogP contribution in [0.5, 0.6) is 0 Å². The molecule has 0 fully saturated rings. The Balaban J connectivity index is 0.00000604. The highest BCUT2D eigenvalue weighted by Crippen LogP contribution is 2.46. The lowest BCUT2D eigenvalue weighted by molar-refractivity contribution is 0.490. The molecule has 7 rings (SSSR count). The largest absolute Gasteiger partial charge is 0.396 e. The summed E-state index contributed by atoms with van der Waals surface area (Å²) < 4.78 is 5.22. The lowest BCUT2D eigenvalue weighted by Crippen LogP contribution is -1.93. The number of fused-ring (bicyclic) bond motifs is 2. The third-order valence-electron chi connectivity index (χ3n) is 9.38. The van der Waals surface area contributed by atoms with Crippen molar-refractivity contribution in [2.75, 3.05) is 19.1 Å². The Morgan fingerprint density at radius 1 is 0.633 bits per heavy atom. The minimum absolute atomic E-state index is 0. The Labute approximate surface area is 385 Å². The number of thioether (sulfide) groups is 1. The number of allylic oxidation sites excluding steroid dienone is 3. The number of rotatable bonds is 11. The van der Waals surface area contributed by atoms with Crippen LogP contribution in [0.25, 0.3) is 21.5 Å². The zero-order valence-corrected chi connectivity index (χ0v) is 38.2. The van der Waals surface area contributed by atoms with Crippen molar-refractivity contribution in [2.24, 2.45) is 40.9 Å². The van der Waals surface area contributed by atoms with Gasteiger partial charge in [-0.05, 0) is 122 Å². The molecule has 10 nitrogen and oxygen atoms in total. The molecule has 1 aliphatic carbocycles. The first-order chi connectivity index (χ1) is 28.4. The first kappa shape index (κ1) is 45.5. The number of nitrogens with zero attached hydrogens (tertiary/aromatic N) is 8. The van der Waals surface area contributed by atoms with Gasteiger partial charge in [0.25, 0.3) is 0 Å². The molecular weight excluding hydrogens is 883 g/mol. The SMILES string of the molecule is C.COSc1ccc(S)c(N=Nc2c(S)cc3c(SC)cc(N=Nc4ccc(N=Nc5cc(S)ccc5C)c5cc(S)c(N=NC6=C(S)CCC=C6)cc45)c(N)c3c2C)c1. The van der Waals surface area contributed by atoms with E-state index in [-0.39, 0.29) is 7.43 Å². The van der Waals surface area contributed by atoms with Gasteiger partial charge < -0.3 is 9.92 Å². The molecule has 0 aromatic heterocycles. The molecule has 0 unspecified atom stereocenters. The molecule has 6 aromatic rings. The van der Waals surface area contributed by atoms with E-state index in [1.54, 1.807) is 18.9 Å². The molecule has 306 valence electrons. The molecule has 0 bridgehead atoms. The summed E-state index contributed by atoms with van der Waals surface area (Å²) in [6.07, 6.45) is 7.71. The van der Waals surface area contributed by atoms with E-state index in [2.05, 4.69) is 74.6 Å². The van der Waals surface area contributed by atoms with Gasteiger partial charge >= 0.3 is 0 Å². The molecule has 0 aliphatic heterocycles. The van der Waals surface area contributed by atoms with Crippen LogP contribution >= 0.6 is 86.9 Å². The quantitative estimate of drug-likeness (QED) is 0.0254. The number of nitrogen functional groups attached to an aromatic ring is 1. The number of hydrogen-bond donors (Lipinski definition) is 6. The predicted molar refractivity (Wildman–Crippen MR) is 266 cm³/mol. The van der Waals surface area contributed by atoms with Crippen LogP contribution in [0.2, 0.25) is 0 Å². The van der Waals surface area contributed by atoms with Gasteiger partial charge in [0.05, 0.1) is 41.2 Å². The van der Waals surface area contributed by atoms with Crippen molar-refractivity contribution in [3.63, 3.8) is 0 Å². The average Bonchev–Trinajstić information content (AvgIpc) is 3.22. The fourth-order valence-electron chi connectivity index (χ4n) is 6.30. The highest BCUT2D eigenvalue weighted by molar-refractivity contribution is 7.98. The number of nitrogens with two attached hydrogens (primary N) is 1.